The van der Waals surface area contributed by atoms with E-state index < -0.39 is 0 Å². The average molecular weight is 154 g/mol. The predicted octanol–water partition coefficient (Wildman–Crippen LogP) is -7.08. The van der Waals surface area contributed by atoms with E-state index in [1.54, 1.807) is 0 Å². The van der Waals surface area contributed by atoms with Crippen LogP contribution in [0, 0.1) is 0 Å². The molecule has 0 aliphatic heterocycles. The van der Waals surface area contributed by atoms with Crippen LogP contribution in [0.3, 0.4) is 0 Å². The molecule has 0 rings (SSSR count). The van der Waals surface area contributed by atoms with Crippen molar-refractivity contribution in [2.24, 2.45) is 0 Å². The zero-order valence-corrected chi connectivity index (χ0v) is 10.7. The second-order valence-corrected chi connectivity index (χ2v) is 0. The van der Waals surface area contributed by atoms with Crippen LogP contribution in [0.1, 0.15) is 0 Å². The molecule has 32 valence electrons. The Morgan fingerprint density at radius 1 is 0.429 bits per heavy atom. The minimum atomic E-state index is 0. The van der Waals surface area contributed by atoms with Crippen LogP contribution in [0.4, 0.5) is 0 Å². The van der Waals surface area contributed by atoms with Gasteiger partial charge in [-0.25, -0.2) is 0 Å². The van der Waals surface area contributed by atoms with Gasteiger partial charge in [-0.05, 0) is 0 Å². The summed E-state index contributed by atoms with van der Waals surface area (Å²) in [5.41, 5.74) is 0. The zero-order valence-electron chi connectivity index (χ0n) is 4.50. The molecular weight excluding hydrogens is 150 g/mol. The Morgan fingerprint density at radius 3 is 0.429 bits per heavy atom. The van der Waals surface area contributed by atoms with E-state index in [0.717, 1.165) is 0 Å². The van der Waals surface area contributed by atoms with Crippen molar-refractivity contribution >= 4 is 37.7 Å². The van der Waals surface area contributed by atoms with E-state index in [1.807, 2.05) is 0 Å². The number of rotatable bonds is 0. The Balaban J connectivity index is 0. The quantitative estimate of drug-likeness (QED) is 0.322. The van der Waals surface area contributed by atoms with E-state index in [2.05, 4.69) is 0 Å². The summed E-state index contributed by atoms with van der Waals surface area (Å²) in [5, 5.41) is 0. The van der Waals surface area contributed by atoms with Crippen LogP contribution < -0.4 is 59.1 Å². The molecule has 0 aromatic heterocycles. The summed E-state index contributed by atoms with van der Waals surface area (Å²) in [7, 11) is 0. The Morgan fingerprint density at radius 2 is 0.429 bits per heavy atom. The third kappa shape index (κ3) is 47.7. The minimum absolute atomic E-state index is 0. The molecule has 0 aliphatic rings. The smallest absolute Gasteiger partial charge is 0.870 e. The van der Waals surface area contributed by atoms with Crippen molar-refractivity contribution in [1.29, 1.82) is 0 Å². The molecule has 4 nitrogen and oxygen atoms in total. The molecule has 0 spiro atoms. The molecule has 0 saturated heterocycles. The number of hydrogen-bond donors (Lipinski definition) is 0. The zero-order chi connectivity index (χ0) is 0. The third-order valence-electron chi connectivity index (χ3n) is 0. The standard InChI is InChI=1S/Ca.2Na.4H2O/h;;;4*1H2/q+2;2*+1;;;;/p-4. The van der Waals surface area contributed by atoms with Crippen LogP contribution >= 0.6 is 0 Å². The molecule has 4 N–H and O–H groups in total. The maximum atomic E-state index is 0. The molecule has 0 saturated carbocycles. The Kier molecular flexibility index (Phi) is 773. The summed E-state index contributed by atoms with van der Waals surface area (Å²) < 4.78 is 0. The minimum Gasteiger partial charge on any atom is -0.870 e. The summed E-state index contributed by atoms with van der Waals surface area (Å²) in [4.78, 5) is 0. The van der Waals surface area contributed by atoms with E-state index in [-0.39, 0.29) is 119 Å². The molecule has 0 fully saturated rings. The number of hydrogen-bond acceptors (Lipinski definition) is 4. The third-order valence-corrected chi connectivity index (χ3v) is 0. The fourth-order valence-electron chi connectivity index (χ4n) is 0. The van der Waals surface area contributed by atoms with Gasteiger partial charge in [0.2, 0.25) is 0 Å². The first kappa shape index (κ1) is 87.0. The van der Waals surface area contributed by atoms with Crippen molar-refractivity contribution in [3.05, 3.63) is 0 Å². The van der Waals surface area contributed by atoms with Gasteiger partial charge in [0.05, 0.1) is 0 Å². The molecule has 0 heterocycles. The van der Waals surface area contributed by atoms with Gasteiger partial charge in [0, 0.05) is 0 Å². The van der Waals surface area contributed by atoms with Gasteiger partial charge < -0.3 is 21.9 Å². The van der Waals surface area contributed by atoms with Crippen molar-refractivity contribution in [1.82, 2.24) is 0 Å². The normalized spacial score (nSPS) is 0. The van der Waals surface area contributed by atoms with Crippen LogP contribution in [-0.2, 0) is 0 Å². The van der Waals surface area contributed by atoms with Crippen molar-refractivity contribution in [2.75, 3.05) is 0 Å². The van der Waals surface area contributed by atoms with E-state index in [9.17, 15) is 0 Å². The molecule has 0 aromatic rings. The van der Waals surface area contributed by atoms with Gasteiger partial charge in [-0.2, -0.15) is 0 Å². The maximum Gasteiger partial charge on any atom is 2.00 e. The van der Waals surface area contributed by atoms with Crippen LogP contribution in [0.15, 0.2) is 0 Å². The molecule has 0 aliphatic carbocycles. The van der Waals surface area contributed by atoms with Gasteiger partial charge in [-0.15, -0.1) is 0 Å². The molecule has 7 heavy (non-hydrogen) atoms. The van der Waals surface area contributed by atoms with Crippen LogP contribution in [0.2, 0.25) is 0 Å². The largest absolute Gasteiger partial charge is 2.00 e. The van der Waals surface area contributed by atoms with Crippen LogP contribution in [0.25, 0.3) is 0 Å². The molecule has 0 atom stereocenters. The van der Waals surface area contributed by atoms with E-state index >= 15 is 0 Å². The molecular formula is H4CaNa2O4. The average Bonchev–Trinajstić information content (AvgIpc) is 0. The first-order valence-corrected chi connectivity index (χ1v) is 0. The molecule has 0 radical (unpaired) electrons. The van der Waals surface area contributed by atoms with Gasteiger partial charge in [0.25, 0.3) is 0 Å². The molecule has 0 amide bonds. The van der Waals surface area contributed by atoms with Crippen molar-refractivity contribution < 1.29 is 81.0 Å². The first-order valence-electron chi connectivity index (χ1n) is 0. The Hall–Kier alpha value is 3.10. The van der Waals surface area contributed by atoms with Crippen molar-refractivity contribution in [2.45, 2.75) is 0 Å². The second-order valence-electron chi connectivity index (χ2n) is 0. The Labute approximate surface area is 116 Å². The molecule has 7 heteroatoms. The summed E-state index contributed by atoms with van der Waals surface area (Å²) in [5.74, 6) is 0. The molecule has 0 aromatic carbocycles. The van der Waals surface area contributed by atoms with Gasteiger partial charge in [0.15, 0.2) is 0 Å². The van der Waals surface area contributed by atoms with Gasteiger partial charge in [-0.3, -0.25) is 0 Å². The molecule has 0 unspecified atom stereocenters. The molecule has 0 bridgehead atoms. The van der Waals surface area contributed by atoms with E-state index in [4.69, 9.17) is 0 Å². The summed E-state index contributed by atoms with van der Waals surface area (Å²) >= 11 is 0. The maximum absolute atomic E-state index is 0. The van der Waals surface area contributed by atoms with Crippen LogP contribution in [-0.4, -0.2) is 59.6 Å². The van der Waals surface area contributed by atoms with E-state index in [0.29, 0.717) is 0 Å². The first-order chi connectivity index (χ1) is 0. The topological polar surface area (TPSA) is 120 Å². The fraction of sp³-hybridized carbons (Fsp3) is 0. The van der Waals surface area contributed by atoms with Gasteiger partial charge >= 0.3 is 96.9 Å². The predicted molar refractivity (Wildman–Crippen MR) is 13.5 cm³/mol. The summed E-state index contributed by atoms with van der Waals surface area (Å²) in [6, 6.07) is 0. The van der Waals surface area contributed by atoms with Crippen molar-refractivity contribution in [3.8, 4) is 0 Å². The van der Waals surface area contributed by atoms with E-state index in [1.165, 1.54) is 0 Å². The van der Waals surface area contributed by atoms with Gasteiger partial charge in [0.1, 0.15) is 0 Å². The second kappa shape index (κ2) is 62.1. The fourth-order valence-corrected chi connectivity index (χ4v) is 0. The van der Waals surface area contributed by atoms with Crippen molar-refractivity contribution in [3.63, 3.8) is 0 Å². The van der Waals surface area contributed by atoms with Crippen LogP contribution in [0.5, 0.6) is 0 Å². The SMILES string of the molecule is [Ca+2].[Na+].[Na+].[OH-].[OH-].[OH-].[OH-]. The Bertz CT molecular complexity index is 9.65. The van der Waals surface area contributed by atoms with Gasteiger partial charge in [-0.1, -0.05) is 0 Å². The monoisotopic (exact) mass is 154 g/mol. The summed E-state index contributed by atoms with van der Waals surface area (Å²) in [6.45, 7) is 0. The summed E-state index contributed by atoms with van der Waals surface area (Å²) in [6.07, 6.45) is 0.